The minimum absolute atomic E-state index is 0. The largest absolute Gasteiger partial charge is 0.493 e. The predicted molar refractivity (Wildman–Crippen MR) is 117 cm³/mol. The summed E-state index contributed by atoms with van der Waals surface area (Å²) in [4.78, 5) is 4.07. The molecule has 0 spiro atoms. The molecule has 7 nitrogen and oxygen atoms in total. The molecule has 0 aliphatic rings. The molecule has 0 fully saturated rings. The van der Waals surface area contributed by atoms with Crippen molar-refractivity contribution in [1.82, 2.24) is 10.6 Å². The Labute approximate surface area is 186 Å². The molecule has 1 aromatic carbocycles. The van der Waals surface area contributed by atoms with Gasteiger partial charge in [-0.3, -0.25) is 4.99 Å². The van der Waals surface area contributed by atoms with E-state index in [4.69, 9.17) is 9.47 Å². The third kappa shape index (κ3) is 12.0. The van der Waals surface area contributed by atoms with Crippen molar-refractivity contribution in [2.75, 3.05) is 32.8 Å². The minimum atomic E-state index is -4.43. The Morgan fingerprint density at radius 1 is 1.28 bits per heavy atom. The second-order valence-electron chi connectivity index (χ2n) is 6.28. The fourth-order valence-corrected chi connectivity index (χ4v) is 2.96. The summed E-state index contributed by atoms with van der Waals surface area (Å²) in [6.07, 6.45) is -2.82. The summed E-state index contributed by atoms with van der Waals surface area (Å²) in [5, 5.41) is 6.13. The number of benzene rings is 1. The molecule has 1 rings (SSSR count). The normalized spacial score (nSPS) is 13.3. The van der Waals surface area contributed by atoms with Gasteiger partial charge in [0.15, 0.2) is 24.1 Å². The van der Waals surface area contributed by atoms with Gasteiger partial charge in [0.2, 0.25) is 0 Å². The molecule has 1 aromatic rings. The van der Waals surface area contributed by atoms with Crippen LogP contribution in [0.4, 0.5) is 13.2 Å². The maximum atomic E-state index is 12.3. The summed E-state index contributed by atoms with van der Waals surface area (Å²) < 4.78 is 69.2. The van der Waals surface area contributed by atoms with E-state index in [1.165, 1.54) is 19.4 Å². The number of aliphatic imine (C=N–C) groups is 1. The number of nitrogens with one attached hydrogen (secondary N) is 2. The van der Waals surface area contributed by atoms with Crippen molar-refractivity contribution in [3.63, 3.8) is 0 Å². The molecule has 2 N–H and O–H groups in total. The van der Waals surface area contributed by atoms with Crippen molar-refractivity contribution in [1.29, 1.82) is 0 Å². The van der Waals surface area contributed by atoms with E-state index < -0.39 is 22.6 Å². The molecule has 0 bridgehead atoms. The Morgan fingerprint density at radius 3 is 2.45 bits per heavy atom. The van der Waals surface area contributed by atoms with Crippen LogP contribution < -0.4 is 20.1 Å². The second-order valence-corrected chi connectivity index (χ2v) is 8.54. The zero-order valence-corrected chi connectivity index (χ0v) is 19.8. The van der Waals surface area contributed by atoms with Crippen LogP contribution in [-0.4, -0.2) is 59.4 Å². The SMILES string of the molecule is CN=C(NCc1ccc(OCC(F)(F)F)c(OC)c1)NC(C)CCS(C)(=O)=O.I. The van der Waals surface area contributed by atoms with Gasteiger partial charge in [-0.2, -0.15) is 13.2 Å². The van der Waals surface area contributed by atoms with Crippen LogP contribution in [0.2, 0.25) is 0 Å². The lowest BCUT2D eigenvalue weighted by Gasteiger charge is -2.18. The van der Waals surface area contributed by atoms with Gasteiger partial charge in [0.1, 0.15) is 9.84 Å². The zero-order valence-electron chi connectivity index (χ0n) is 16.7. The third-order valence-corrected chi connectivity index (χ3v) is 4.58. The first-order valence-electron chi connectivity index (χ1n) is 8.45. The molecule has 0 saturated carbocycles. The summed E-state index contributed by atoms with van der Waals surface area (Å²) in [6.45, 7) is 0.769. The van der Waals surface area contributed by atoms with Gasteiger partial charge in [0, 0.05) is 25.9 Å². The van der Waals surface area contributed by atoms with Crippen molar-refractivity contribution in [2.45, 2.75) is 32.1 Å². The first kappa shape index (κ1) is 27.6. The number of nitrogens with zero attached hydrogens (tertiary/aromatic N) is 1. The maximum Gasteiger partial charge on any atom is 0.422 e. The lowest BCUT2D eigenvalue weighted by Crippen LogP contribution is -2.42. The summed E-state index contributed by atoms with van der Waals surface area (Å²) in [5.41, 5.74) is 0.739. The fraction of sp³-hybridized carbons (Fsp3) is 0.588. The van der Waals surface area contributed by atoms with Crippen molar-refractivity contribution < 1.29 is 31.1 Å². The predicted octanol–water partition coefficient (Wildman–Crippen LogP) is 2.74. The molecule has 1 unspecified atom stereocenters. The topological polar surface area (TPSA) is 89.0 Å². The second kappa shape index (κ2) is 12.3. The monoisotopic (exact) mass is 553 g/mol. The van der Waals surface area contributed by atoms with E-state index in [1.807, 2.05) is 6.92 Å². The molecule has 29 heavy (non-hydrogen) atoms. The quantitative estimate of drug-likeness (QED) is 0.278. The average molecular weight is 553 g/mol. The van der Waals surface area contributed by atoms with E-state index in [2.05, 4.69) is 15.6 Å². The van der Waals surface area contributed by atoms with E-state index in [9.17, 15) is 21.6 Å². The van der Waals surface area contributed by atoms with Crippen LogP contribution in [-0.2, 0) is 16.4 Å². The number of methoxy groups -OCH3 is 1. The van der Waals surface area contributed by atoms with Gasteiger partial charge in [-0.25, -0.2) is 8.42 Å². The molecule has 0 aliphatic heterocycles. The van der Waals surface area contributed by atoms with E-state index in [0.717, 1.165) is 5.56 Å². The molecular formula is C17H27F3IN3O4S. The number of hydrogen-bond acceptors (Lipinski definition) is 5. The molecule has 0 saturated heterocycles. The molecule has 0 heterocycles. The molecule has 0 amide bonds. The number of hydrogen-bond donors (Lipinski definition) is 2. The third-order valence-electron chi connectivity index (χ3n) is 3.61. The van der Waals surface area contributed by atoms with Crippen LogP contribution in [0.1, 0.15) is 18.9 Å². The van der Waals surface area contributed by atoms with Gasteiger partial charge < -0.3 is 20.1 Å². The molecular weight excluding hydrogens is 526 g/mol. The minimum Gasteiger partial charge on any atom is -0.493 e. The number of alkyl halides is 3. The van der Waals surface area contributed by atoms with Crippen molar-refractivity contribution in [3.8, 4) is 11.5 Å². The Balaban J connectivity index is 0.00000784. The molecule has 12 heteroatoms. The van der Waals surface area contributed by atoms with Crippen LogP contribution in [0.5, 0.6) is 11.5 Å². The van der Waals surface area contributed by atoms with Crippen LogP contribution in [0.15, 0.2) is 23.2 Å². The van der Waals surface area contributed by atoms with Gasteiger partial charge in [-0.15, -0.1) is 24.0 Å². The molecule has 1 atom stereocenters. The highest BCUT2D eigenvalue weighted by Gasteiger charge is 2.29. The van der Waals surface area contributed by atoms with Crippen molar-refractivity contribution in [2.24, 2.45) is 4.99 Å². The highest BCUT2D eigenvalue weighted by molar-refractivity contribution is 14.0. The lowest BCUT2D eigenvalue weighted by molar-refractivity contribution is -0.153. The molecule has 0 radical (unpaired) electrons. The average Bonchev–Trinajstić information content (AvgIpc) is 2.60. The number of sulfone groups is 1. The van der Waals surface area contributed by atoms with E-state index in [1.54, 1.807) is 19.2 Å². The summed E-state index contributed by atoms with van der Waals surface area (Å²) in [7, 11) is -0.118. The highest BCUT2D eigenvalue weighted by atomic mass is 127. The Kier molecular flexibility index (Phi) is 11.7. The van der Waals surface area contributed by atoms with Crippen molar-refractivity contribution >= 4 is 39.8 Å². The van der Waals surface area contributed by atoms with Crippen LogP contribution in [0.3, 0.4) is 0 Å². The Bertz CT molecular complexity index is 774. The number of ether oxygens (including phenoxy) is 2. The zero-order chi connectivity index (χ0) is 21.4. The van der Waals surface area contributed by atoms with E-state index >= 15 is 0 Å². The van der Waals surface area contributed by atoms with Crippen LogP contribution >= 0.6 is 24.0 Å². The Morgan fingerprint density at radius 2 is 1.93 bits per heavy atom. The smallest absolute Gasteiger partial charge is 0.422 e. The maximum absolute atomic E-state index is 12.3. The van der Waals surface area contributed by atoms with E-state index in [-0.39, 0.29) is 47.3 Å². The van der Waals surface area contributed by atoms with Crippen molar-refractivity contribution in [3.05, 3.63) is 23.8 Å². The molecule has 0 aromatic heterocycles. The van der Waals surface area contributed by atoms with Gasteiger partial charge in [0.25, 0.3) is 0 Å². The van der Waals surface area contributed by atoms with Crippen LogP contribution in [0, 0.1) is 0 Å². The molecule has 168 valence electrons. The van der Waals surface area contributed by atoms with E-state index in [0.29, 0.717) is 18.9 Å². The lowest BCUT2D eigenvalue weighted by atomic mass is 10.2. The number of halogens is 4. The summed E-state index contributed by atoms with van der Waals surface area (Å²) in [5.74, 6) is 0.722. The number of rotatable bonds is 9. The van der Waals surface area contributed by atoms with Gasteiger partial charge in [-0.05, 0) is 31.0 Å². The standard InChI is InChI=1S/C17H26F3N3O4S.HI/c1-12(7-8-28(4,24)25)23-16(21-2)22-10-13-5-6-14(15(9-13)26-3)27-11-17(18,19)20;/h5-6,9,12H,7-8,10-11H2,1-4H3,(H2,21,22,23);1H. The number of guanidine groups is 1. The first-order chi connectivity index (χ1) is 12.9. The first-order valence-corrected chi connectivity index (χ1v) is 10.5. The van der Waals surface area contributed by atoms with Gasteiger partial charge in [0.05, 0.1) is 12.9 Å². The summed E-state index contributed by atoms with van der Waals surface area (Å²) in [6, 6.07) is 4.47. The van der Waals surface area contributed by atoms with Crippen LogP contribution in [0.25, 0.3) is 0 Å². The highest BCUT2D eigenvalue weighted by Crippen LogP contribution is 2.29. The van der Waals surface area contributed by atoms with Gasteiger partial charge in [-0.1, -0.05) is 6.07 Å². The molecule has 0 aliphatic carbocycles. The fourth-order valence-electron chi connectivity index (χ4n) is 2.18. The van der Waals surface area contributed by atoms with Gasteiger partial charge >= 0.3 is 6.18 Å². The Hall–Kier alpha value is -1.44. The summed E-state index contributed by atoms with van der Waals surface area (Å²) >= 11 is 0.